The van der Waals surface area contributed by atoms with E-state index in [1.165, 1.54) is 5.56 Å². The molecule has 2 aromatic carbocycles. The minimum absolute atomic E-state index is 0.166. The smallest absolute Gasteiger partial charge is 0.130 e. The number of hydrogen-bond donors (Lipinski definition) is 1. The lowest BCUT2D eigenvalue weighted by atomic mass is 9.99. The number of para-hydroxylation sites is 1. The fraction of sp³-hybridized carbons (Fsp3) is 0.333. The van der Waals surface area contributed by atoms with Crippen LogP contribution in [0.4, 0.5) is 4.39 Å². The summed E-state index contributed by atoms with van der Waals surface area (Å²) in [5.41, 5.74) is 3.99. The highest BCUT2D eigenvalue weighted by Crippen LogP contribution is 2.37. The van der Waals surface area contributed by atoms with E-state index in [4.69, 9.17) is 4.74 Å². The Morgan fingerprint density at radius 2 is 2.10 bits per heavy atom. The van der Waals surface area contributed by atoms with Crippen molar-refractivity contribution in [1.29, 1.82) is 0 Å². The van der Waals surface area contributed by atoms with Crippen LogP contribution >= 0.6 is 0 Å². The van der Waals surface area contributed by atoms with E-state index in [9.17, 15) is 4.39 Å². The summed E-state index contributed by atoms with van der Waals surface area (Å²) in [7, 11) is 0. The lowest BCUT2D eigenvalue weighted by Gasteiger charge is -2.12. The summed E-state index contributed by atoms with van der Waals surface area (Å²) < 4.78 is 19.7. The van der Waals surface area contributed by atoms with Crippen LogP contribution in [0.25, 0.3) is 11.1 Å². The number of nitrogens with one attached hydrogen (secondary N) is 1. The zero-order valence-corrected chi connectivity index (χ0v) is 12.4. The fourth-order valence-corrected chi connectivity index (χ4v) is 2.63. The summed E-state index contributed by atoms with van der Waals surface area (Å²) in [4.78, 5) is 0. The quantitative estimate of drug-likeness (QED) is 0.919. The molecule has 0 saturated carbocycles. The van der Waals surface area contributed by atoms with Crippen LogP contribution in [-0.4, -0.2) is 12.6 Å². The van der Waals surface area contributed by atoms with Crippen LogP contribution in [0.5, 0.6) is 5.75 Å². The molecule has 0 aromatic heterocycles. The Balaban J connectivity index is 1.96. The van der Waals surface area contributed by atoms with Gasteiger partial charge >= 0.3 is 0 Å². The molecule has 1 N–H and O–H groups in total. The van der Waals surface area contributed by atoms with Gasteiger partial charge in [0.1, 0.15) is 11.6 Å². The summed E-state index contributed by atoms with van der Waals surface area (Å²) in [5, 5.41) is 3.26. The molecule has 0 spiro atoms. The van der Waals surface area contributed by atoms with E-state index < -0.39 is 0 Å². The highest BCUT2D eigenvalue weighted by atomic mass is 19.1. The fourth-order valence-electron chi connectivity index (χ4n) is 2.63. The van der Waals surface area contributed by atoms with E-state index in [0.717, 1.165) is 29.9 Å². The number of ether oxygens (including phenoxy) is 1. The van der Waals surface area contributed by atoms with Crippen LogP contribution in [0.1, 0.15) is 25.0 Å². The maximum atomic E-state index is 13.9. The predicted octanol–water partition coefficient (Wildman–Crippen LogP) is 3.93. The van der Waals surface area contributed by atoms with Gasteiger partial charge in [-0.15, -0.1) is 0 Å². The lowest BCUT2D eigenvalue weighted by Crippen LogP contribution is -2.22. The average Bonchev–Trinajstić information content (AvgIpc) is 2.94. The summed E-state index contributed by atoms with van der Waals surface area (Å²) in [6.45, 7) is 5.38. The Bertz CT molecular complexity index is 652. The Labute approximate surface area is 125 Å². The van der Waals surface area contributed by atoms with Crippen LogP contribution in [0, 0.1) is 5.82 Å². The molecule has 2 nitrogen and oxygen atoms in total. The maximum Gasteiger partial charge on any atom is 0.130 e. The monoisotopic (exact) mass is 285 g/mol. The van der Waals surface area contributed by atoms with Gasteiger partial charge in [0, 0.05) is 30.1 Å². The van der Waals surface area contributed by atoms with Crippen molar-refractivity contribution in [3.63, 3.8) is 0 Å². The van der Waals surface area contributed by atoms with Crippen LogP contribution in [-0.2, 0) is 13.0 Å². The van der Waals surface area contributed by atoms with Crippen molar-refractivity contribution < 1.29 is 9.13 Å². The van der Waals surface area contributed by atoms with Crippen molar-refractivity contribution >= 4 is 0 Å². The highest BCUT2D eigenvalue weighted by molar-refractivity contribution is 5.73. The molecular formula is C18H20FNO. The Morgan fingerprint density at radius 3 is 2.90 bits per heavy atom. The first kappa shape index (κ1) is 14.1. The third-order valence-electron chi connectivity index (χ3n) is 3.77. The Hall–Kier alpha value is -1.87. The first-order valence-corrected chi connectivity index (χ1v) is 7.42. The average molecular weight is 285 g/mol. The summed E-state index contributed by atoms with van der Waals surface area (Å²) in [5.74, 6) is 0.785. The van der Waals surface area contributed by atoms with E-state index in [2.05, 4.69) is 25.2 Å². The molecule has 0 radical (unpaired) electrons. The first-order valence-electron chi connectivity index (χ1n) is 7.42. The Kier molecular flexibility index (Phi) is 3.93. The maximum absolute atomic E-state index is 13.9. The van der Waals surface area contributed by atoms with Gasteiger partial charge in [0.25, 0.3) is 0 Å². The second-order valence-corrected chi connectivity index (χ2v) is 5.73. The molecule has 0 aliphatic carbocycles. The minimum atomic E-state index is -0.166. The summed E-state index contributed by atoms with van der Waals surface area (Å²) >= 11 is 0. The van der Waals surface area contributed by atoms with Gasteiger partial charge < -0.3 is 10.1 Å². The van der Waals surface area contributed by atoms with Crippen LogP contribution in [0.15, 0.2) is 36.4 Å². The van der Waals surface area contributed by atoms with Crippen molar-refractivity contribution in [1.82, 2.24) is 5.32 Å². The van der Waals surface area contributed by atoms with Gasteiger partial charge in [0.15, 0.2) is 0 Å². The molecule has 21 heavy (non-hydrogen) atoms. The van der Waals surface area contributed by atoms with Gasteiger partial charge in [0.05, 0.1) is 6.61 Å². The number of halogens is 1. The largest absolute Gasteiger partial charge is 0.492 e. The van der Waals surface area contributed by atoms with Crippen molar-refractivity contribution in [2.45, 2.75) is 32.9 Å². The molecule has 0 unspecified atom stereocenters. The predicted molar refractivity (Wildman–Crippen MR) is 83.0 cm³/mol. The van der Waals surface area contributed by atoms with Crippen LogP contribution in [0.3, 0.4) is 0 Å². The van der Waals surface area contributed by atoms with E-state index >= 15 is 0 Å². The molecule has 3 heteroatoms. The van der Waals surface area contributed by atoms with Gasteiger partial charge in [-0.3, -0.25) is 0 Å². The van der Waals surface area contributed by atoms with Gasteiger partial charge in [0.2, 0.25) is 0 Å². The van der Waals surface area contributed by atoms with E-state index in [-0.39, 0.29) is 5.82 Å². The molecule has 0 fully saturated rings. The molecule has 3 rings (SSSR count). The van der Waals surface area contributed by atoms with Gasteiger partial charge in [-0.05, 0) is 23.3 Å². The lowest BCUT2D eigenvalue weighted by molar-refractivity contribution is 0.358. The molecule has 0 saturated heterocycles. The van der Waals surface area contributed by atoms with Crippen molar-refractivity contribution in [3.8, 4) is 16.9 Å². The summed E-state index contributed by atoms with van der Waals surface area (Å²) in [6, 6.07) is 11.8. The summed E-state index contributed by atoms with van der Waals surface area (Å²) in [6.07, 6.45) is 0.951. The van der Waals surface area contributed by atoms with E-state index in [0.29, 0.717) is 18.2 Å². The third-order valence-corrected chi connectivity index (χ3v) is 3.77. The molecule has 1 aliphatic rings. The SMILES string of the molecule is CC(C)NCc1cc(-c2cccc3c2OCC3)ccc1F. The van der Waals surface area contributed by atoms with Crippen molar-refractivity contribution in [3.05, 3.63) is 53.3 Å². The van der Waals surface area contributed by atoms with Crippen molar-refractivity contribution in [2.75, 3.05) is 6.61 Å². The van der Waals surface area contributed by atoms with Gasteiger partial charge in [-0.25, -0.2) is 4.39 Å². The minimum Gasteiger partial charge on any atom is -0.492 e. The number of fused-ring (bicyclic) bond motifs is 1. The first-order chi connectivity index (χ1) is 10.1. The zero-order valence-electron chi connectivity index (χ0n) is 12.4. The molecule has 0 amide bonds. The molecule has 0 atom stereocenters. The topological polar surface area (TPSA) is 21.3 Å². The molecular weight excluding hydrogens is 265 g/mol. The molecule has 1 aliphatic heterocycles. The van der Waals surface area contributed by atoms with Crippen LogP contribution < -0.4 is 10.1 Å². The molecule has 0 bridgehead atoms. The molecule has 110 valence electrons. The third kappa shape index (κ3) is 2.93. The molecule has 2 aromatic rings. The molecule has 1 heterocycles. The van der Waals surface area contributed by atoms with Gasteiger partial charge in [-0.1, -0.05) is 38.1 Å². The number of hydrogen-bond acceptors (Lipinski definition) is 2. The zero-order chi connectivity index (χ0) is 14.8. The van der Waals surface area contributed by atoms with E-state index in [1.54, 1.807) is 6.07 Å². The number of benzene rings is 2. The second-order valence-electron chi connectivity index (χ2n) is 5.73. The second kappa shape index (κ2) is 5.86. The van der Waals surface area contributed by atoms with E-state index in [1.807, 2.05) is 24.3 Å². The Morgan fingerprint density at radius 1 is 1.24 bits per heavy atom. The standard InChI is InChI=1S/C18H20FNO/c1-12(2)20-11-15-10-14(6-7-17(15)19)16-5-3-4-13-8-9-21-18(13)16/h3-7,10,12,20H,8-9,11H2,1-2H3. The highest BCUT2D eigenvalue weighted by Gasteiger charge is 2.17. The van der Waals surface area contributed by atoms with Crippen LogP contribution in [0.2, 0.25) is 0 Å². The normalized spacial score (nSPS) is 13.3. The number of rotatable bonds is 4. The van der Waals surface area contributed by atoms with Crippen molar-refractivity contribution in [2.24, 2.45) is 0 Å². The van der Waals surface area contributed by atoms with Gasteiger partial charge in [-0.2, -0.15) is 0 Å².